The van der Waals surface area contributed by atoms with Crippen molar-refractivity contribution < 1.29 is 19.4 Å². The number of aromatic nitrogens is 3. The molecule has 1 aliphatic rings. The van der Waals surface area contributed by atoms with E-state index in [0.717, 1.165) is 11.0 Å². The highest BCUT2D eigenvalue weighted by Gasteiger charge is 2.34. The van der Waals surface area contributed by atoms with Gasteiger partial charge in [-0.3, -0.25) is 4.79 Å². The molecule has 3 heterocycles. The third-order valence-corrected chi connectivity index (χ3v) is 4.15. The third-order valence-electron chi connectivity index (χ3n) is 4.15. The summed E-state index contributed by atoms with van der Waals surface area (Å²) in [5.41, 5.74) is 1.68. The van der Waals surface area contributed by atoms with Crippen molar-refractivity contribution in [3.63, 3.8) is 0 Å². The Hall–Kier alpha value is -2.48. The highest BCUT2D eigenvalue weighted by Crippen LogP contribution is 2.21. The number of morpholine rings is 1. The number of carbonyl (C=O) groups excluding carboxylic acids is 1. The Bertz CT molecular complexity index is 799. The molecule has 0 radical (unpaired) electrons. The lowest BCUT2D eigenvalue weighted by atomic mass is 10.1. The normalized spacial score (nSPS) is 18.3. The Kier molecular flexibility index (Phi) is 4.23. The van der Waals surface area contributed by atoms with Crippen LogP contribution in [0, 0.1) is 6.92 Å². The summed E-state index contributed by atoms with van der Waals surface area (Å²) in [5.74, 6) is -1.41. The van der Waals surface area contributed by atoms with Crippen LogP contribution in [0.2, 0.25) is 0 Å². The molecule has 1 saturated heterocycles. The van der Waals surface area contributed by atoms with Crippen molar-refractivity contribution in [3.8, 4) is 0 Å². The summed E-state index contributed by atoms with van der Waals surface area (Å²) in [6, 6.07) is 0.923. The minimum Gasteiger partial charge on any atom is -0.480 e. The van der Waals surface area contributed by atoms with E-state index in [1.807, 2.05) is 13.8 Å². The molecule has 0 spiro atoms. The number of amides is 1. The van der Waals surface area contributed by atoms with Gasteiger partial charge in [-0.15, -0.1) is 0 Å². The van der Waals surface area contributed by atoms with Crippen LogP contribution in [0.15, 0.2) is 12.3 Å². The highest BCUT2D eigenvalue weighted by molar-refractivity contribution is 6.00. The first kappa shape index (κ1) is 16.4. The molecule has 0 bridgehead atoms. The Balaban J connectivity index is 2.00. The molecule has 0 aromatic carbocycles. The fraction of sp³-hybridized carbons (Fsp3) is 0.500. The van der Waals surface area contributed by atoms with Crippen LogP contribution in [0.1, 0.15) is 35.9 Å². The van der Waals surface area contributed by atoms with Gasteiger partial charge in [0, 0.05) is 18.0 Å². The van der Waals surface area contributed by atoms with Crippen molar-refractivity contribution in [1.29, 1.82) is 0 Å². The number of rotatable bonds is 3. The highest BCUT2D eigenvalue weighted by atomic mass is 16.5. The molecular weight excluding hydrogens is 312 g/mol. The van der Waals surface area contributed by atoms with E-state index in [1.54, 1.807) is 23.9 Å². The number of hydrogen-bond acceptors (Lipinski definition) is 5. The molecule has 8 nitrogen and oxygen atoms in total. The average molecular weight is 332 g/mol. The zero-order valence-corrected chi connectivity index (χ0v) is 13.9. The number of nitrogens with zero attached hydrogens (tertiary/aromatic N) is 4. The molecule has 1 aliphatic heterocycles. The predicted molar refractivity (Wildman–Crippen MR) is 85.9 cm³/mol. The molecule has 128 valence electrons. The molecule has 1 atom stereocenters. The summed E-state index contributed by atoms with van der Waals surface area (Å²) in [4.78, 5) is 30.1. The fourth-order valence-electron chi connectivity index (χ4n) is 2.87. The summed E-state index contributed by atoms with van der Waals surface area (Å²) >= 11 is 0. The van der Waals surface area contributed by atoms with Crippen LogP contribution in [0.25, 0.3) is 11.0 Å². The monoisotopic (exact) mass is 332 g/mol. The minimum absolute atomic E-state index is 0.00107. The third kappa shape index (κ3) is 2.73. The van der Waals surface area contributed by atoms with Gasteiger partial charge in [0.1, 0.15) is 0 Å². The number of carboxylic acid groups (broad SMARTS) is 1. The second kappa shape index (κ2) is 6.20. The summed E-state index contributed by atoms with van der Waals surface area (Å²) in [5, 5.41) is 14.4. The number of carbonyl (C=O) groups is 2. The summed E-state index contributed by atoms with van der Waals surface area (Å²) < 4.78 is 6.98. The van der Waals surface area contributed by atoms with Crippen molar-refractivity contribution in [1.82, 2.24) is 19.7 Å². The van der Waals surface area contributed by atoms with Crippen molar-refractivity contribution >= 4 is 22.9 Å². The molecule has 2 aromatic heterocycles. The van der Waals surface area contributed by atoms with Crippen LogP contribution in [0.3, 0.4) is 0 Å². The van der Waals surface area contributed by atoms with Gasteiger partial charge < -0.3 is 14.7 Å². The molecule has 8 heteroatoms. The SMILES string of the molecule is Cc1nc2c(cnn2C(C)C)cc1C(=O)N1CCOCC1C(=O)O. The quantitative estimate of drug-likeness (QED) is 0.908. The van der Waals surface area contributed by atoms with E-state index in [9.17, 15) is 14.7 Å². The van der Waals surface area contributed by atoms with E-state index in [-0.39, 0.29) is 25.1 Å². The molecule has 1 fully saturated rings. The van der Waals surface area contributed by atoms with E-state index in [0.29, 0.717) is 17.9 Å². The molecule has 3 rings (SSSR count). The minimum atomic E-state index is -1.07. The van der Waals surface area contributed by atoms with Gasteiger partial charge in [0.2, 0.25) is 0 Å². The number of hydrogen-bond donors (Lipinski definition) is 1. The number of pyridine rings is 1. The van der Waals surface area contributed by atoms with Gasteiger partial charge >= 0.3 is 5.97 Å². The Morgan fingerprint density at radius 2 is 2.17 bits per heavy atom. The molecular formula is C16H20N4O4. The Morgan fingerprint density at radius 3 is 2.83 bits per heavy atom. The molecule has 1 unspecified atom stereocenters. The molecule has 0 aliphatic carbocycles. The van der Waals surface area contributed by atoms with E-state index in [1.165, 1.54) is 4.90 Å². The molecule has 1 N–H and O–H groups in total. The van der Waals surface area contributed by atoms with Crippen LogP contribution in [0.4, 0.5) is 0 Å². The maximum absolute atomic E-state index is 12.9. The lowest BCUT2D eigenvalue weighted by Gasteiger charge is -2.33. The maximum atomic E-state index is 12.9. The van der Waals surface area contributed by atoms with Gasteiger partial charge in [-0.1, -0.05) is 0 Å². The zero-order valence-electron chi connectivity index (χ0n) is 13.9. The summed E-state index contributed by atoms with van der Waals surface area (Å²) in [6.07, 6.45) is 1.67. The van der Waals surface area contributed by atoms with Gasteiger partial charge in [0.05, 0.1) is 30.7 Å². The second-order valence-electron chi connectivity index (χ2n) is 6.14. The lowest BCUT2D eigenvalue weighted by Crippen LogP contribution is -2.52. The van der Waals surface area contributed by atoms with Gasteiger partial charge in [0.15, 0.2) is 11.7 Å². The summed E-state index contributed by atoms with van der Waals surface area (Å²) in [6.45, 7) is 6.34. The second-order valence-corrected chi connectivity index (χ2v) is 6.14. The fourth-order valence-corrected chi connectivity index (χ4v) is 2.87. The first-order valence-electron chi connectivity index (χ1n) is 7.86. The van der Waals surface area contributed by atoms with Crippen LogP contribution in [-0.2, 0) is 9.53 Å². The van der Waals surface area contributed by atoms with E-state index in [4.69, 9.17) is 4.74 Å². The maximum Gasteiger partial charge on any atom is 0.328 e. The van der Waals surface area contributed by atoms with Crippen molar-refractivity contribution in [2.45, 2.75) is 32.9 Å². The van der Waals surface area contributed by atoms with Gasteiger partial charge in [-0.2, -0.15) is 5.10 Å². The Morgan fingerprint density at radius 1 is 1.42 bits per heavy atom. The molecule has 2 aromatic rings. The van der Waals surface area contributed by atoms with Gasteiger partial charge in [0.25, 0.3) is 5.91 Å². The zero-order chi connectivity index (χ0) is 17.4. The van der Waals surface area contributed by atoms with E-state index < -0.39 is 12.0 Å². The van der Waals surface area contributed by atoms with Crippen LogP contribution in [-0.4, -0.2) is 62.4 Å². The molecule has 0 saturated carbocycles. The van der Waals surface area contributed by atoms with Crippen molar-refractivity contribution in [2.24, 2.45) is 0 Å². The van der Waals surface area contributed by atoms with E-state index >= 15 is 0 Å². The number of ether oxygens (including phenoxy) is 1. The Labute approximate surface area is 139 Å². The number of carboxylic acids is 1. The standard InChI is InChI=1S/C16H20N4O4/c1-9(2)20-14-11(7-17-20)6-12(10(3)18-14)15(21)19-4-5-24-8-13(19)16(22)23/h6-7,9,13H,4-5,8H2,1-3H3,(H,22,23). The van der Waals surface area contributed by atoms with Crippen LogP contribution in [0.5, 0.6) is 0 Å². The smallest absolute Gasteiger partial charge is 0.328 e. The lowest BCUT2D eigenvalue weighted by molar-refractivity contribution is -0.147. The van der Waals surface area contributed by atoms with Crippen LogP contribution >= 0.6 is 0 Å². The topological polar surface area (TPSA) is 97.5 Å². The first-order chi connectivity index (χ1) is 11.4. The van der Waals surface area contributed by atoms with Gasteiger partial charge in [-0.25, -0.2) is 14.5 Å². The van der Waals surface area contributed by atoms with Crippen molar-refractivity contribution in [3.05, 3.63) is 23.5 Å². The van der Waals surface area contributed by atoms with Crippen molar-refractivity contribution in [2.75, 3.05) is 19.8 Å². The number of fused-ring (bicyclic) bond motifs is 1. The average Bonchev–Trinajstić information content (AvgIpc) is 2.96. The molecule has 1 amide bonds. The number of aliphatic carboxylic acids is 1. The number of aryl methyl sites for hydroxylation is 1. The van der Waals surface area contributed by atoms with Crippen LogP contribution < -0.4 is 0 Å². The van der Waals surface area contributed by atoms with E-state index in [2.05, 4.69) is 10.1 Å². The van der Waals surface area contributed by atoms with Gasteiger partial charge in [-0.05, 0) is 26.8 Å². The first-order valence-corrected chi connectivity index (χ1v) is 7.86. The largest absolute Gasteiger partial charge is 0.480 e. The summed E-state index contributed by atoms with van der Waals surface area (Å²) in [7, 11) is 0. The predicted octanol–water partition coefficient (Wildman–Crippen LogP) is 1.25. The molecule has 24 heavy (non-hydrogen) atoms.